The summed E-state index contributed by atoms with van der Waals surface area (Å²) >= 11 is 0. The summed E-state index contributed by atoms with van der Waals surface area (Å²) in [5, 5.41) is 0. The summed E-state index contributed by atoms with van der Waals surface area (Å²) in [6.07, 6.45) is 6.55. The zero-order chi connectivity index (χ0) is 22.6. The number of hydrogen-bond donors (Lipinski definition) is 1. The van der Waals surface area contributed by atoms with Gasteiger partial charge in [-0.1, -0.05) is 39.5 Å². The maximum atomic E-state index is 13.3. The van der Waals surface area contributed by atoms with Crippen molar-refractivity contribution in [1.29, 1.82) is 0 Å². The summed E-state index contributed by atoms with van der Waals surface area (Å²) < 4.78 is 23.9. The van der Waals surface area contributed by atoms with Crippen molar-refractivity contribution in [3.05, 3.63) is 57.1 Å². The third-order valence-electron chi connectivity index (χ3n) is 4.76. The minimum Gasteiger partial charge on any atom is -0.412 e. The Labute approximate surface area is 180 Å². The lowest BCUT2D eigenvalue weighted by molar-refractivity contribution is 0.0694. The van der Waals surface area contributed by atoms with Gasteiger partial charge in [-0.3, -0.25) is 14.3 Å². The van der Waals surface area contributed by atoms with Crippen molar-refractivity contribution in [2.75, 3.05) is 18.0 Å². The summed E-state index contributed by atoms with van der Waals surface area (Å²) in [6, 6.07) is 7.13. The van der Waals surface area contributed by atoms with Crippen LogP contribution in [0.5, 0.6) is 5.75 Å². The molecule has 0 aliphatic rings. The average Bonchev–Trinajstić information content (AvgIpc) is 2.75. The molecule has 9 heteroatoms. The Bertz CT molecular complexity index is 929. The van der Waals surface area contributed by atoms with Gasteiger partial charge in [0, 0.05) is 18.8 Å². The topological polar surface area (TPSA) is 93.6 Å². The molecule has 1 aromatic heterocycles. The largest absolute Gasteiger partial charge is 0.515 e. The summed E-state index contributed by atoms with van der Waals surface area (Å²) in [5.74, 6) is -0.870. The zero-order valence-corrected chi connectivity index (χ0v) is 18.1. The van der Waals surface area contributed by atoms with Gasteiger partial charge in [-0.2, -0.15) is 4.39 Å². The molecule has 0 fully saturated rings. The molecule has 0 aliphatic carbocycles. The van der Waals surface area contributed by atoms with E-state index in [2.05, 4.69) is 18.7 Å². The number of rotatable bonds is 12. The smallest absolute Gasteiger partial charge is 0.412 e. The van der Waals surface area contributed by atoms with Crippen molar-refractivity contribution in [3.63, 3.8) is 0 Å². The Hall–Kier alpha value is -3.10. The summed E-state index contributed by atoms with van der Waals surface area (Å²) in [7, 11) is 0. The number of halogens is 1. The first-order chi connectivity index (χ1) is 14.9. The number of H-pyrrole nitrogens is 1. The first-order valence-corrected chi connectivity index (χ1v) is 10.6. The van der Waals surface area contributed by atoms with Crippen LogP contribution in [0.1, 0.15) is 52.4 Å². The first kappa shape index (κ1) is 24.2. The Balaban J connectivity index is 1.93. The predicted octanol–water partition coefficient (Wildman–Crippen LogP) is 4.04. The molecule has 1 aromatic carbocycles. The van der Waals surface area contributed by atoms with E-state index in [9.17, 15) is 18.8 Å². The summed E-state index contributed by atoms with van der Waals surface area (Å²) in [4.78, 5) is 38.6. The van der Waals surface area contributed by atoms with Crippen LogP contribution < -0.4 is 20.9 Å². The maximum Gasteiger partial charge on any atom is 0.515 e. The second-order valence-electron chi connectivity index (χ2n) is 7.23. The van der Waals surface area contributed by atoms with Gasteiger partial charge in [0.05, 0.1) is 6.20 Å². The van der Waals surface area contributed by atoms with Gasteiger partial charge >= 0.3 is 11.8 Å². The fraction of sp³-hybridized carbons (Fsp3) is 0.500. The van der Waals surface area contributed by atoms with E-state index in [1.807, 2.05) is 12.1 Å². The molecule has 31 heavy (non-hydrogen) atoms. The molecule has 0 spiro atoms. The molecule has 8 nitrogen and oxygen atoms in total. The van der Waals surface area contributed by atoms with Crippen LogP contribution in [0.3, 0.4) is 0 Å². The van der Waals surface area contributed by atoms with E-state index in [1.165, 1.54) is 12.8 Å². The number of aromatic nitrogens is 2. The van der Waals surface area contributed by atoms with Crippen molar-refractivity contribution in [1.82, 2.24) is 9.55 Å². The standard InChI is InChI=1S/C22H30FN3O5/c1-3-5-7-13-25(14-8-6-4-2)17-9-11-18(12-10-17)31-22(29)30-16-26-15-19(23)20(27)24-21(26)28/h9-12,15H,3-8,13-14,16H2,1-2H3,(H,24,27,28). The van der Waals surface area contributed by atoms with Crippen molar-refractivity contribution < 1.29 is 18.7 Å². The highest BCUT2D eigenvalue weighted by atomic mass is 19.1. The van der Waals surface area contributed by atoms with Crippen LogP contribution in [0.2, 0.25) is 0 Å². The molecule has 0 atom stereocenters. The Kier molecular flexibility index (Phi) is 9.80. The highest BCUT2D eigenvalue weighted by Crippen LogP contribution is 2.21. The molecule has 0 amide bonds. The van der Waals surface area contributed by atoms with Crippen LogP contribution in [0.15, 0.2) is 40.1 Å². The summed E-state index contributed by atoms with van der Waals surface area (Å²) in [5.41, 5.74) is -0.972. The van der Waals surface area contributed by atoms with Gasteiger partial charge in [-0.15, -0.1) is 0 Å². The monoisotopic (exact) mass is 435 g/mol. The number of carbonyl (C=O) groups excluding carboxylic acids is 1. The quantitative estimate of drug-likeness (QED) is 0.307. The van der Waals surface area contributed by atoms with E-state index in [4.69, 9.17) is 9.47 Å². The highest BCUT2D eigenvalue weighted by molar-refractivity contribution is 5.64. The van der Waals surface area contributed by atoms with Crippen molar-refractivity contribution in [2.45, 2.75) is 59.1 Å². The maximum absolute atomic E-state index is 13.3. The van der Waals surface area contributed by atoms with Crippen LogP contribution in [0.25, 0.3) is 0 Å². The zero-order valence-electron chi connectivity index (χ0n) is 18.1. The summed E-state index contributed by atoms with van der Waals surface area (Å²) in [6.45, 7) is 5.72. The molecule has 0 bridgehead atoms. The lowest BCUT2D eigenvalue weighted by atomic mass is 10.2. The number of nitrogens with one attached hydrogen (secondary N) is 1. The van der Waals surface area contributed by atoms with Crippen LogP contribution in [-0.2, 0) is 11.5 Å². The fourth-order valence-corrected chi connectivity index (χ4v) is 3.03. The second-order valence-corrected chi connectivity index (χ2v) is 7.23. The Morgan fingerprint density at radius 1 is 1.03 bits per heavy atom. The van der Waals surface area contributed by atoms with Gasteiger partial charge in [-0.05, 0) is 37.1 Å². The molecule has 0 aliphatic heterocycles. The number of hydrogen-bond acceptors (Lipinski definition) is 6. The molecular formula is C22H30FN3O5. The second kappa shape index (κ2) is 12.6. The molecule has 2 rings (SSSR count). The van der Waals surface area contributed by atoms with Gasteiger partial charge < -0.3 is 14.4 Å². The van der Waals surface area contributed by atoms with E-state index < -0.39 is 30.0 Å². The van der Waals surface area contributed by atoms with Crippen molar-refractivity contribution in [2.24, 2.45) is 0 Å². The van der Waals surface area contributed by atoms with Crippen LogP contribution in [-0.4, -0.2) is 28.8 Å². The van der Waals surface area contributed by atoms with Gasteiger partial charge in [0.15, 0.2) is 6.73 Å². The number of carbonyl (C=O) groups is 1. The van der Waals surface area contributed by atoms with Gasteiger partial charge in [0.2, 0.25) is 5.82 Å². The molecule has 2 aromatic rings. The van der Waals surface area contributed by atoms with E-state index in [0.717, 1.165) is 44.5 Å². The third-order valence-corrected chi connectivity index (χ3v) is 4.76. The van der Waals surface area contributed by atoms with Crippen molar-refractivity contribution >= 4 is 11.8 Å². The third kappa shape index (κ3) is 7.92. The minimum atomic E-state index is -1.16. The van der Waals surface area contributed by atoms with E-state index in [0.29, 0.717) is 10.8 Å². The van der Waals surface area contributed by atoms with E-state index in [-0.39, 0.29) is 5.75 Å². The Morgan fingerprint density at radius 2 is 1.65 bits per heavy atom. The normalized spacial score (nSPS) is 10.7. The Morgan fingerprint density at radius 3 is 2.23 bits per heavy atom. The molecule has 1 N–H and O–H groups in total. The number of ether oxygens (including phenoxy) is 2. The first-order valence-electron chi connectivity index (χ1n) is 10.6. The van der Waals surface area contributed by atoms with Crippen molar-refractivity contribution in [3.8, 4) is 5.75 Å². The predicted molar refractivity (Wildman–Crippen MR) is 116 cm³/mol. The van der Waals surface area contributed by atoms with Gasteiger partial charge in [-0.25, -0.2) is 9.59 Å². The highest BCUT2D eigenvalue weighted by Gasteiger charge is 2.11. The average molecular weight is 435 g/mol. The molecule has 170 valence electrons. The van der Waals surface area contributed by atoms with E-state index >= 15 is 0 Å². The molecule has 0 saturated carbocycles. The fourth-order valence-electron chi connectivity index (χ4n) is 3.03. The molecular weight excluding hydrogens is 405 g/mol. The number of nitrogens with zero attached hydrogens (tertiary/aromatic N) is 2. The minimum absolute atomic E-state index is 0.288. The van der Waals surface area contributed by atoms with Crippen LogP contribution in [0.4, 0.5) is 14.9 Å². The molecule has 0 unspecified atom stereocenters. The number of aromatic amines is 1. The number of benzene rings is 1. The lowest BCUT2D eigenvalue weighted by Gasteiger charge is -2.25. The van der Waals surface area contributed by atoms with Gasteiger partial charge in [0.25, 0.3) is 5.56 Å². The number of anilines is 1. The van der Waals surface area contributed by atoms with Gasteiger partial charge in [0.1, 0.15) is 5.75 Å². The van der Waals surface area contributed by atoms with E-state index in [1.54, 1.807) is 17.1 Å². The molecule has 0 saturated heterocycles. The van der Waals surface area contributed by atoms with Crippen LogP contribution in [0, 0.1) is 5.82 Å². The molecule has 0 radical (unpaired) electrons. The van der Waals surface area contributed by atoms with Crippen LogP contribution >= 0.6 is 0 Å². The SMILES string of the molecule is CCCCCN(CCCCC)c1ccc(OC(=O)OCn2cc(F)c(=O)[nH]c2=O)cc1. The lowest BCUT2D eigenvalue weighted by Crippen LogP contribution is -2.32. The number of unbranched alkanes of at least 4 members (excludes halogenated alkanes) is 4. The molecule has 1 heterocycles.